The maximum Gasteiger partial charge on any atom is 0.334 e. The van der Waals surface area contributed by atoms with E-state index in [0.717, 1.165) is 0 Å². The smallest absolute Gasteiger partial charge is 0.334 e. The number of carbonyl (C=O) groups is 2. The first-order chi connectivity index (χ1) is 9.70. The lowest BCUT2D eigenvalue weighted by atomic mass is 9.71. The molecule has 0 aliphatic heterocycles. The lowest BCUT2D eigenvalue weighted by Crippen LogP contribution is -2.33. The molecule has 104 valence electrons. The van der Waals surface area contributed by atoms with Crippen molar-refractivity contribution in [2.24, 2.45) is 47.3 Å². The van der Waals surface area contributed by atoms with Crippen molar-refractivity contribution < 1.29 is 19.1 Å². The molecular formula is C16H16O4. The first-order valence-corrected chi connectivity index (χ1v) is 7.29. The second-order valence-corrected chi connectivity index (χ2v) is 6.71. The summed E-state index contributed by atoms with van der Waals surface area (Å²) in [5, 5.41) is 0. The Kier molecular flexibility index (Phi) is 1.77. The van der Waals surface area contributed by atoms with E-state index in [1.54, 1.807) is 0 Å². The summed E-state index contributed by atoms with van der Waals surface area (Å²) in [4.78, 5) is 24.4. The zero-order valence-electron chi connectivity index (χ0n) is 11.4. The van der Waals surface area contributed by atoms with Crippen molar-refractivity contribution in [3.05, 3.63) is 23.3 Å². The molecule has 0 unspecified atom stereocenters. The van der Waals surface area contributed by atoms with Gasteiger partial charge in [-0.25, -0.2) is 9.59 Å². The Bertz CT molecular complexity index is 566. The summed E-state index contributed by atoms with van der Waals surface area (Å²) in [5.41, 5.74) is 1.27. The fourth-order valence-electron chi connectivity index (χ4n) is 6.58. The van der Waals surface area contributed by atoms with Gasteiger partial charge in [0.25, 0.3) is 0 Å². The maximum absolute atomic E-state index is 12.2. The summed E-state index contributed by atoms with van der Waals surface area (Å²) in [6, 6.07) is 0. The van der Waals surface area contributed by atoms with Crippen LogP contribution in [0.3, 0.4) is 0 Å². The van der Waals surface area contributed by atoms with Crippen molar-refractivity contribution in [2.75, 3.05) is 14.2 Å². The standard InChI is InChI=1S/C16H16O4/c1-19-15(17)13-11-8-5-3-4-6-7(5)10(11)12(9(6)8)14(13)16(18)20-2/h3-12H,1-2H3/t5-,6-,7?,8+,9+,10?,11+,12+/m1/s1. The number of carbonyl (C=O) groups excluding carboxylic acids is 2. The Morgan fingerprint density at radius 2 is 1.25 bits per heavy atom. The highest BCUT2D eigenvalue weighted by molar-refractivity contribution is 6.03. The Hall–Kier alpha value is -1.58. The molecule has 0 spiro atoms. The first-order valence-electron chi connectivity index (χ1n) is 7.29. The van der Waals surface area contributed by atoms with Crippen molar-refractivity contribution in [1.29, 1.82) is 0 Å². The van der Waals surface area contributed by atoms with E-state index in [9.17, 15) is 9.59 Å². The summed E-state index contributed by atoms with van der Waals surface area (Å²) in [5.74, 6) is 3.35. The lowest BCUT2D eigenvalue weighted by molar-refractivity contribution is -0.140. The highest BCUT2D eigenvalue weighted by Gasteiger charge is 2.79. The van der Waals surface area contributed by atoms with Crippen molar-refractivity contribution in [3.8, 4) is 0 Å². The highest BCUT2D eigenvalue weighted by atomic mass is 16.5. The molecule has 6 atom stereocenters. The van der Waals surface area contributed by atoms with Gasteiger partial charge in [0.1, 0.15) is 0 Å². The van der Waals surface area contributed by atoms with Gasteiger partial charge < -0.3 is 9.47 Å². The number of esters is 2. The van der Waals surface area contributed by atoms with Crippen molar-refractivity contribution in [1.82, 2.24) is 0 Å². The molecule has 0 saturated heterocycles. The molecule has 6 aliphatic carbocycles. The normalized spacial score (nSPS) is 51.5. The zero-order valence-corrected chi connectivity index (χ0v) is 11.4. The van der Waals surface area contributed by atoms with E-state index >= 15 is 0 Å². The van der Waals surface area contributed by atoms with E-state index in [0.29, 0.717) is 46.7 Å². The van der Waals surface area contributed by atoms with E-state index in [1.165, 1.54) is 14.2 Å². The zero-order chi connectivity index (χ0) is 13.8. The van der Waals surface area contributed by atoms with Gasteiger partial charge in [-0.05, 0) is 47.3 Å². The van der Waals surface area contributed by atoms with Crippen LogP contribution in [0.15, 0.2) is 23.3 Å². The molecule has 4 nitrogen and oxygen atoms in total. The molecule has 0 aromatic heterocycles. The van der Waals surface area contributed by atoms with Crippen LogP contribution in [0, 0.1) is 47.3 Å². The second kappa shape index (κ2) is 3.18. The lowest BCUT2D eigenvalue weighted by Gasteiger charge is -2.33. The molecule has 20 heavy (non-hydrogen) atoms. The molecule has 6 aliphatic rings. The molecular weight excluding hydrogens is 256 g/mol. The highest BCUT2D eigenvalue weighted by Crippen LogP contribution is 2.81. The van der Waals surface area contributed by atoms with Gasteiger partial charge in [-0.3, -0.25) is 0 Å². The van der Waals surface area contributed by atoms with Crippen LogP contribution in [0.4, 0.5) is 0 Å². The number of methoxy groups -OCH3 is 2. The first kappa shape index (κ1) is 11.1. The van der Waals surface area contributed by atoms with Crippen molar-refractivity contribution in [3.63, 3.8) is 0 Å². The quantitative estimate of drug-likeness (QED) is 0.559. The third kappa shape index (κ3) is 0.859. The second-order valence-electron chi connectivity index (χ2n) is 6.71. The molecule has 0 heterocycles. The van der Waals surface area contributed by atoms with Gasteiger partial charge in [-0.2, -0.15) is 0 Å². The van der Waals surface area contributed by atoms with Crippen molar-refractivity contribution >= 4 is 11.9 Å². The van der Waals surface area contributed by atoms with Crippen LogP contribution in [0.5, 0.6) is 0 Å². The van der Waals surface area contributed by atoms with E-state index in [-0.39, 0.29) is 23.8 Å². The third-order valence-corrected chi connectivity index (χ3v) is 6.65. The third-order valence-electron chi connectivity index (χ3n) is 6.65. The molecule has 0 aromatic carbocycles. The van der Waals surface area contributed by atoms with Crippen LogP contribution in [0.1, 0.15) is 0 Å². The predicted molar refractivity (Wildman–Crippen MR) is 68.1 cm³/mol. The number of allylic oxidation sites excluding steroid dienone is 2. The van der Waals surface area contributed by atoms with Gasteiger partial charge in [-0.1, -0.05) is 12.2 Å². The molecule has 6 rings (SSSR count). The molecule has 8 bridgehead atoms. The van der Waals surface area contributed by atoms with Crippen molar-refractivity contribution in [2.45, 2.75) is 0 Å². The fourth-order valence-corrected chi connectivity index (χ4v) is 6.58. The number of ether oxygens (including phenoxy) is 2. The minimum atomic E-state index is -0.325. The summed E-state index contributed by atoms with van der Waals surface area (Å²) in [6.07, 6.45) is 4.69. The summed E-state index contributed by atoms with van der Waals surface area (Å²) >= 11 is 0. The van der Waals surface area contributed by atoms with Gasteiger partial charge >= 0.3 is 11.9 Å². The average Bonchev–Trinajstić information content (AvgIpc) is 3.23. The van der Waals surface area contributed by atoms with Crippen LogP contribution >= 0.6 is 0 Å². The van der Waals surface area contributed by atoms with Gasteiger partial charge in [0.05, 0.1) is 25.4 Å². The molecule has 0 aromatic rings. The van der Waals surface area contributed by atoms with Gasteiger partial charge in [0.2, 0.25) is 0 Å². The van der Waals surface area contributed by atoms with E-state index in [2.05, 4.69) is 12.2 Å². The van der Waals surface area contributed by atoms with Gasteiger partial charge in [-0.15, -0.1) is 0 Å². The Labute approximate surface area is 116 Å². The molecule has 0 radical (unpaired) electrons. The van der Waals surface area contributed by atoms with E-state index < -0.39 is 0 Å². The monoisotopic (exact) mass is 272 g/mol. The molecule has 0 N–H and O–H groups in total. The van der Waals surface area contributed by atoms with Crippen LogP contribution in [0.2, 0.25) is 0 Å². The molecule has 4 heteroatoms. The maximum atomic E-state index is 12.2. The largest absolute Gasteiger partial charge is 0.466 e. The predicted octanol–water partition coefficient (Wildman–Crippen LogP) is 1.18. The van der Waals surface area contributed by atoms with Gasteiger partial charge in [0, 0.05) is 0 Å². The molecule has 4 saturated carbocycles. The van der Waals surface area contributed by atoms with E-state index in [1.807, 2.05) is 0 Å². The Morgan fingerprint density at radius 1 is 0.800 bits per heavy atom. The topological polar surface area (TPSA) is 52.6 Å². The molecule has 4 fully saturated rings. The Balaban J connectivity index is 1.68. The minimum absolute atomic E-state index is 0.239. The van der Waals surface area contributed by atoms with Crippen LogP contribution < -0.4 is 0 Å². The fraction of sp³-hybridized carbons (Fsp3) is 0.625. The summed E-state index contributed by atoms with van der Waals surface area (Å²) in [6.45, 7) is 0. The summed E-state index contributed by atoms with van der Waals surface area (Å²) < 4.78 is 9.89. The Morgan fingerprint density at radius 3 is 1.65 bits per heavy atom. The van der Waals surface area contributed by atoms with E-state index in [4.69, 9.17) is 9.47 Å². The SMILES string of the molecule is COC(=O)C1=C(C(=O)OC)[C@@H]2C3C4[C@H]5C=C[C@H]4[C@H]2[C@H]5[C@H]13. The average molecular weight is 272 g/mol. The number of rotatable bonds is 2. The van der Waals surface area contributed by atoms with Gasteiger partial charge in [0.15, 0.2) is 0 Å². The summed E-state index contributed by atoms with van der Waals surface area (Å²) in [7, 11) is 2.79. The van der Waals surface area contributed by atoms with Crippen LogP contribution in [-0.2, 0) is 19.1 Å². The number of hydrogen-bond donors (Lipinski definition) is 0. The molecule has 0 amide bonds. The minimum Gasteiger partial charge on any atom is -0.466 e. The van der Waals surface area contributed by atoms with Crippen LogP contribution in [-0.4, -0.2) is 26.2 Å². The number of hydrogen-bond acceptors (Lipinski definition) is 4. The van der Waals surface area contributed by atoms with Crippen LogP contribution in [0.25, 0.3) is 0 Å².